The fourth-order valence-electron chi connectivity index (χ4n) is 2.02. The molecule has 0 fully saturated rings. The molecule has 14 heavy (non-hydrogen) atoms. The standard InChI is InChI=1S/C13H22N/c1-12(11-14(2,3)4)10-13-8-6-5-7-9-13/h5-9,12H,10-11H2,1-4H3/q+1. The highest BCUT2D eigenvalue weighted by Gasteiger charge is 2.13. The summed E-state index contributed by atoms with van der Waals surface area (Å²) in [5.74, 6) is 0.748. The minimum Gasteiger partial charge on any atom is -0.331 e. The fraction of sp³-hybridized carbons (Fsp3) is 0.538. The molecule has 0 bridgehead atoms. The van der Waals surface area contributed by atoms with Crippen LogP contribution < -0.4 is 0 Å². The Labute approximate surface area is 88.0 Å². The normalized spacial score (nSPS) is 14.0. The second-order valence-electron chi connectivity index (χ2n) is 5.27. The number of quaternary nitrogens is 1. The Morgan fingerprint density at radius 1 is 1.07 bits per heavy atom. The van der Waals surface area contributed by atoms with E-state index in [4.69, 9.17) is 0 Å². The summed E-state index contributed by atoms with van der Waals surface area (Å²) in [7, 11) is 6.75. The Bertz CT molecular complexity index is 258. The molecular formula is C13H22N+. The van der Waals surface area contributed by atoms with Crippen LogP contribution in [0.25, 0.3) is 0 Å². The van der Waals surface area contributed by atoms with Crippen LogP contribution in [0.1, 0.15) is 12.5 Å². The number of nitrogens with zero attached hydrogens (tertiary/aromatic N) is 1. The highest BCUT2D eigenvalue weighted by atomic mass is 15.3. The molecule has 1 nitrogen and oxygen atoms in total. The average molecular weight is 192 g/mol. The molecule has 0 aromatic heterocycles. The zero-order valence-electron chi connectivity index (χ0n) is 9.83. The largest absolute Gasteiger partial charge is 0.331 e. The third-order valence-corrected chi connectivity index (χ3v) is 2.29. The van der Waals surface area contributed by atoms with Gasteiger partial charge in [0.25, 0.3) is 0 Å². The van der Waals surface area contributed by atoms with Gasteiger partial charge < -0.3 is 4.48 Å². The minimum absolute atomic E-state index is 0.748. The molecule has 1 aromatic rings. The molecule has 0 aliphatic carbocycles. The summed E-state index contributed by atoms with van der Waals surface area (Å²) in [4.78, 5) is 0. The van der Waals surface area contributed by atoms with Crippen LogP contribution >= 0.6 is 0 Å². The van der Waals surface area contributed by atoms with Gasteiger partial charge in [0.15, 0.2) is 0 Å². The first-order valence-corrected chi connectivity index (χ1v) is 5.32. The van der Waals surface area contributed by atoms with Crippen LogP contribution in [0.4, 0.5) is 0 Å². The van der Waals surface area contributed by atoms with E-state index in [0.29, 0.717) is 0 Å². The lowest BCUT2D eigenvalue weighted by Gasteiger charge is -2.27. The van der Waals surface area contributed by atoms with Crippen LogP contribution in [0.15, 0.2) is 30.3 Å². The molecule has 1 heteroatoms. The van der Waals surface area contributed by atoms with Crippen molar-refractivity contribution in [3.8, 4) is 0 Å². The van der Waals surface area contributed by atoms with E-state index in [2.05, 4.69) is 58.4 Å². The lowest BCUT2D eigenvalue weighted by Crippen LogP contribution is -2.38. The first-order chi connectivity index (χ1) is 6.47. The van der Waals surface area contributed by atoms with Crippen molar-refractivity contribution in [2.75, 3.05) is 27.7 Å². The van der Waals surface area contributed by atoms with Gasteiger partial charge in [-0.3, -0.25) is 0 Å². The van der Waals surface area contributed by atoms with E-state index in [1.165, 1.54) is 18.5 Å². The number of hydrogen-bond donors (Lipinski definition) is 0. The minimum atomic E-state index is 0.748. The Morgan fingerprint density at radius 3 is 2.14 bits per heavy atom. The van der Waals surface area contributed by atoms with Gasteiger partial charge in [-0.05, 0) is 12.0 Å². The van der Waals surface area contributed by atoms with Crippen LogP contribution in [0.3, 0.4) is 0 Å². The lowest BCUT2D eigenvalue weighted by atomic mass is 10.0. The van der Waals surface area contributed by atoms with Gasteiger partial charge in [-0.25, -0.2) is 0 Å². The Balaban J connectivity index is 2.46. The van der Waals surface area contributed by atoms with Crippen molar-refractivity contribution in [1.82, 2.24) is 0 Å². The maximum atomic E-state index is 2.33. The van der Waals surface area contributed by atoms with E-state index in [9.17, 15) is 0 Å². The lowest BCUT2D eigenvalue weighted by molar-refractivity contribution is -0.873. The maximum Gasteiger partial charge on any atom is 0.0809 e. The molecule has 0 N–H and O–H groups in total. The van der Waals surface area contributed by atoms with E-state index in [1.807, 2.05) is 0 Å². The van der Waals surface area contributed by atoms with Gasteiger partial charge >= 0.3 is 0 Å². The molecule has 1 rings (SSSR count). The average Bonchev–Trinajstić information content (AvgIpc) is 2.02. The zero-order valence-corrected chi connectivity index (χ0v) is 9.83. The molecule has 0 spiro atoms. The predicted octanol–water partition coefficient (Wildman–Crippen LogP) is 2.57. The second-order valence-corrected chi connectivity index (χ2v) is 5.27. The molecular weight excluding hydrogens is 170 g/mol. The molecule has 0 amide bonds. The molecule has 78 valence electrons. The van der Waals surface area contributed by atoms with E-state index in [1.54, 1.807) is 0 Å². The monoisotopic (exact) mass is 192 g/mol. The highest BCUT2D eigenvalue weighted by molar-refractivity contribution is 5.14. The van der Waals surface area contributed by atoms with Gasteiger partial charge in [0.1, 0.15) is 0 Å². The topological polar surface area (TPSA) is 0 Å². The summed E-state index contributed by atoms with van der Waals surface area (Å²) in [5.41, 5.74) is 1.45. The van der Waals surface area contributed by atoms with Gasteiger partial charge in [0.05, 0.1) is 27.7 Å². The predicted molar refractivity (Wildman–Crippen MR) is 62.2 cm³/mol. The van der Waals surface area contributed by atoms with Gasteiger partial charge in [-0.1, -0.05) is 37.3 Å². The van der Waals surface area contributed by atoms with Crippen LogP contribution in [0, 0.1) is 5.92 Å². The Morgan fingerprint density at radius 2 is 1.64 bits per heavy atom. The van der Waals surface area contributed by atoms with E-state index in [0.717, 1.165) is 10.4 Å². The fourth-order valence-corrected chi connectivity index (χ4v) is 2.02. The van der Waals surface area contributed by atoms with Crippen LogP contribution in [-0.2, 0) is 6.42 Å². The Hall–Kier alpha value is -0.820. The first kappa shape index (κ1) is 11.3. The van der Waals surface area contributed by atoms with Crippen molar-refractivity contribution < 1.29 is 4.48 Å². The van der Waals surface area contributed by atoms with E-state index < -0.39 is 0 Å². The van der Waals surface area contributed by atoms with Gasteiger partial charge in [0.2, 0.25) is 0 Å². The second kappa shape index (κ2) is 4.61. The molecule has 0 radical (unpaired) electrons. The third kappa shape index (κ3) is 4.43. The number of hydrogen-bond acceptors (Lipinski definition) is 0. The molecule has 0 saturated heterocycles. The van der Waals surface area contributed by atoms with E-state index in [-0.39, 0.29) is 0 Å². The number of benzene rings is 1. The van der Waals surface area contributed by atoms with Crippen LogP contribution in [-0.4, -0.2) is 32.2 Å². The van der Waals surface area contributed by atoms with Crippen molar-refractivity contribution in [3.63, 3.8) is 0 Å². The highest BCUT2D eigenvalue weighted by Crippen LogP contribution is 2.10. The molecule has 1 unspecified atom stereocenters. The summed E-state index contributed by atoms with van der Waals surface area (Å²) in [6.45, 7) is 3.56. The SMILES string of the molecule is CC(Cc1ccccc1)C[N+](C)(C)C. The molecule has 0 saturated carbocycles. The molecule has 0 aliphatic rings. The molecule has 0 heterocycles. The number of rotatable bonds is 4. The van der Waals surface area contributed by atoms with Crippen LogP contribution in [0.2, 0.25) is 0 Å². The van der Waals surface area contributed by atoms with Crippen molar-refractivity contribution in [2.24, 2.45) is 5.92 Å². The van der Waals surface area contributed by atoms with Crippen LogP contribution in [0.5, 0.6) is 0 Å². The zero-order chi connectivity index (χ0) is 10.6. The third-order valence-electron chi connectivity index (χ3n) is 2.29. The van der Waals surface area contributed by atoms with E-state index >= 15 is 0 Å². The van der Waals surface area contributed by atoms with Gasteiger partial charge in [-0.15, -0.1) is 0 Å². The summed E-state index contributed by atoms with van der Waals surface area (Å²) in [6, 6.07) is 10.7. The molecule has 1 atom stereocenters. The maximum absolute atomic E-state index is 2.33. The van der Waals surface area contributed by atoms with Crippen molar-refractivity contribution in [3.05, 3.63) is 35.9 Å². The summed E-state index contributed by atoms with van der Waals surface area (Å²) in [6.07, 6.45) is 1.19. The quantitative estimate of drug-likeness (QED) is 0.643. The van der Waals surface area contributed by atoms with Crippen molar-refractivity contribution in [1.29, 1.82) is 0 Å². The summed E-state index contributed by atoms with van der Waals surface area (Å²) >= 11 is 0. The summed E-state index contributed by atoms with van der Waals surface area (Å²) < 4.78 is 1.05. The molecule has 1 aromatic carbocycles. The smallest absolute Gasteiger partial charge is 0.0809 e. The molecule has 0 aliphatic heterocycles. The van der Waals surface area contributed by atoms with Crippen molar-refractivity contribution >= 4 is 0 Å². The Kier molecular flexibility index (Phi) is 3.70. The first-order valence-electron chi connectivity index (χ1n) is 5.32. The van der Waals surface area contributed by atoms with Gasteiger partial charge in [0, 0.05) is 5.92 Å². The summed E-state index contributed by atoms with van der Waals surface area (Å²) in [5, 5.41) is 0. The van der Waals surface area contributed by atoms with Crippen molar-refractivity contribution in [2.45, 2.75) is 13.3 Å². The van der Waals surface area contributed by atoms with Gasteiger partial charge in [-0.2, -0.15) is 0 Å².